The molecule has 6 nitrogen and oxygen atoms in total. The van der Waals surface area contributed by atoms with Crippen LogP contribution in [0.2, 0.25) is 0 Å². The van der Waals surface area contributed by atoms with E-state index in [1.807, 2.05) is 15.8 Å². The molecule has 0 aromatic carbocycles. The molecule has 0 aliphatic carbocycles. The fourth-order valence-electron chi connectivity index (χ4n) is 3.85. The summed E-state index contributed by atoms with van der Waals surface area (Å²) in [7, 11) is 0. The van der Waals surface area contributed by atoms with Crippen LogP contribution >= 0.6 is 11.3 Å². The first-order chi connectivity index (χ1) is 11.8. The Morgan fingerprint density at radius 3 is 3.04 bits per heavy atom. The number of nitrogens with one attached hydrogen (secondary N) is 1. The lowest BCUT2D eigenvalue weighted by molar-refractivity contribution is 0.0651. The quantitative estimate of drug-likeness (QED) is 0.928. The minimum absolute atomic E-state index is 0.0129. The monoisotopic (exact) mass is 345 g/mol. The fourth-order valence-corrected chi connectivity index (χ4v) is 4.78. The molecule has 1 atom stereocenters. The number of piperidine rings is 1. The zero-order chi connectivity index (χ0) is 16.5. The minimum atomic E-state index is 0.0129. The summed E-state index contributed by atoms with van der Waals surface area (Å²) in [6.45, 7) is 4.91. The van der Waals surface area contributed by atoms with Gasteiger partial charge in [0, 0.05) is 11.4 Å². The Bertz CT molecular complexity index is 718. The molecule has 2 aromatic heterocycles. The topological polar surface area (TPSA) is 63.1 Å². The lowest BCUT2D eigenvalue weighted by Crippen LogP contribution is -2.39. The van der Waals surface area contributed by atoms with E-state index >= 15 is 0 Å². The molecule has 0 radical (unpaired) electrons. The predicted molar refractivity (Wildman–Crippen MR) is 93.3 cm³/mol. The molecule has 1 saturated heterocycles. The van der Waals surface area contributed by atoms with Crippen molar-refractivity contribution in [2.75, 3.05) is 19.6 Å². The Morgan fingerprint density at radius 2 is 2.25 bits per heavy atom. The lowest BCUT2D eigenvalue weighted by atomic mass is 9.97. The Balaban J connectivity index is 1.54. The van der Waals surface area contributed by atoms with Crippen LogP contribution in [-0.4, -0.2) is 45.4 Å². The summed E-state index contributed by atoms with van der Waals surface area (Å²) in [4.78, 5) is 16.4. The van der Waals surface area contributed by atoms with Gasteiger partial charge < -0.3 is 10.2 Å². The first kappa shape index (κ1) is 15.8. The molecule has 1 N–H and O–H groups in total. The smallest absolute Gasteiger partial charge is 0.276 e. The van der Waals surface area contributed by atoms with Crippen molar-refractivity contribution in [2.45, 2.75) is 44.7 Å². The number of fused-ring (bicyclic) bond motifs is 1. The number of aromatic nitrogens is 3. The van der Waals surface area contributed by atoms with Crippen molar-refractivity contribution in [1.82, 2.24) is 25.2 Å². The van der Waals surface area contributed by atoms with E-state index < -0.39 is 0 Å². The van der Waals surface area contributed by atoms with Crippen LogP contribution in [-0.2, 0) is 6.42 Å². The third kappa shape index (κ3) is 2.75. The number of carbonyl (C=O) groups is 1. The van der Waals surface area contributed by atoms with Crippen molar-refractivity contribution in [3.05, 3.63) is 33.8 Å². The maximum atomic E-state index is 13.0. The molecule has 7 heteroatoms. The van der Waals surface area contributed by atoms with E-state index in [-0.39, 0.29) is 11.9 Å². The molecular weight excluding hydrogens is 322 g/mol. The summed E-state index contributed by atoms with van der Waals surface area (Å²) < 4.78 is 1.88. The van der Waals surface area contributed by atoms with Crippen molar-refractivity contribution < 1.29 is 4.79 Å². The van der Waals surface area contributed by atoms with Crippen molar-refractivity contribution in [3.63, 3.8) is 0 Å². The standard InChI is InChI=1S/C17H23N5OS/c1-2-15-13-6-10-24-16(13)5-9-21(15)17(23)14-11-22(20-19-14)12-3-7-18-8-4-12/h6,10-12,15,18H,2-5,7-9H2,1H3/t15-/m1/s1. The van der Waals surface area contributed by atoms with E-state index in [1.165, 1.54) is 10.4 Å². The van der Waals surface area contributed by atoms with Gasteiger partial charge >= 0.3 is 0 Å². The van der Waals surface area contributed by atoms with Crippen LogP contribution in [0, 0.1) is 0 Å². The third-order valence-electron chi connectivity index (χ3n) is 5.15. The lowest BCUT2D eigenvalue weighted by Gasteiger charge is -2.34. The third-order valence-corrected chi connectivity index (χ3v) is 6.15. The average Bonchev–Trinajstić information content (AvgIpc) is 3.30. The van der Waals surface area contributed by atoms with Gasteiger partial charge in [0.2, 0.25) is 0 Å². The van der Waals surface area contributed by atoms with Gasteiger partial charge in [-0.2, -0.15) is 0 Å². The number of hydrogen-bond donors (Lipinski definition) is 1. The number of rotatable bonds is 3. The number of carbonyl (C=O) groups excluding carboxylic acids is 1. The number of amides is 1. The summed E-state index contributed by atoms with van der Waals surface area (Å²) in [6.07, 6.45) is 5.79. The molecule has 4 heterocycles. The Morgan fingerprint density at radius 1 is 1.42 bits per heavy atom. The summed E-state index contributed by atoms with van der Waals surface area (Å²) in [5, 5.41) is 13.9. The number of hydrogen-bond acceptors (Lipinski definition) is 5. The molecule has 128 valence electrons. The van der Waals surface area contributed by atoms with Gasteiger partial charge in [0.1, 0.15) is 0 Å². The van der Waals surface area contributed by atoms with Crippen LogP contribution < -0.4 is 5.32 Å². The summed E-state index contributed by atoms with van der Waals surface area (Å²) in [6, 6.07) is 2.68. The van der Waals surface area contributed by atoms with Gasteiger partial charge in [0.05, 0.1) is 18.3 Å². The Hall–Kier alpha value is -1.73. The Kier molecular flexibility index (Phi) is 4.37. The minimum Gasteiger partial charge on any atom is -0.330 e. The molecule has 2 aliphatic heterocycles. The van der Waals surface area contributed by atoms with E-state index in [9.17, 15) is 4.79 Å². The van der Waals surface area contributed by atoms with E-state index in [0.717, 1.165) is 45.3 Å². The van der Waals surface area contributed by atoms with Crippen molar-refractivity contribution in [3.8, 4) is 0 Å². The molecule has 4 rings (SSSR count). The van der Waals surface area contributed by atoms with Gasteiger partial charge in [-0.15, -0.1) is 16.4 Å². The molecular formula is C17H23N5OS. The summed E-state index contributed by atoms with van der Waals surface area (Å²) >= 11 is 1.80. The van der Waals surface area contributed by atoms with Crippen molar-refractivity contribution in [1.29, 1.82) is 0 Å². The second-order valence-electron chi connectivity index (χ2n) is 6.54. The fraction of sp³-hybridized carbons (Fsp3) is 0.588. The number of nitrogens with zero attached hydrogens (tertiary/aromatic N) is 4. The molecule has 0 spiro atoms. The van der Waals surface area contributed by atoms with Crippen LogP contribution in [0.1, 0.15) is 59.2 Å². The maximum absolute atomic E-state index is 13.0. The normalized spacial score (nSPS) is 21.7. The highest BCUT2D eigenvalue weighted by atomic mass is 32.1. The van der Waals surface area contributed by atoms with Crippen LogP contribution in [0.25, 0.3) is 0 Å². The van der Waals surface area contributed by atoms with Crippen LogP contribution in [0.4, 0.5) is 0 Å². The second kappa shape index (κ2) is 6.64. The van der Waals surface area contributed by atoms with Gasteiger partial charge in [-0.1, -0.05) is 12.1 Å². The molecule has 1 amide bonds. The highest BCUT2D eigenvalue weighted by molar-refractivity contribution is 7.10. The van der Waals surface area contributed by atoms with E-state index in [2.05, 4.69) is 34.0 Å². The first-order valence-corrected chi connectivity index (χ1v) is 9.65. The summed E-state index contributed by atoms with van der Waals surface area (Å²) in [5.41, 5.74) is 1.79. The van der Waals surface area contributed by atoms with Gasteiger partial charge in [0.15, 0.2) is 5.69 Å². The first-order valence-electron chi connectivity index (χ1n) is 8.77. The molecule has 1 fully saturated rings. The van der Waals surface area contributed by atoms with E-state index in [0.29, 0.717) is 11.7 Å². The molecule has 0 bridgehead atoms. The van der Waals surface area contributed by atoms with Gasteiger partial charge in [-0.3, -0.25) is 4.79 Å². The maximum Gasteiger partial charge on any atom is 0.276 e. The summed E-state index contributed by atoms with van der Waals surface area (Å²) in [5.74, 6) is 0.0129. The van der Waals surface area contributed by atoms with Crippen molar-refractivity contribution in [2.24, 2.45) is 0 Å². The second-order valence-corrected chi connectivity index (χ2v) is 7.54. The van der Waals surface area contributed by atoms with Crippen LogP contribution in [0.3, 0.4) is 0 Å². The largest absolute Gasteiger partial charge is 0.330 e. The molecule has 2 aromatic rings. The van der Waals surface area contributed by atoms with E-state index in [1.54, 1.807) is 11.3 Å². The van der Waals surface area contributed by atoms with Gasteiger partial charge in [-0.05, 0) is 55.8 Å². The molecule has 24 heavy (non-hydrogen) atoms. The van der Waals surface area contributed by atoms with Gasteiger partial charge in [-0.25, -0.2) is 4.68 Å². The van der Waals surface area contributed by atoms with Gasteiger partial charge in [0.25, 0.3) is 5.91 Å². The number of thiophene rings is 1. The Labute approximate surface area is 145 Å². The average molecular weight is 345 g/mol. The van der Waals surface area contributed by atoms with E-state index in [4.69, 9.17) is 0 Å². The zero-order valence-corrected chi connectivity index (χ0v) is 14.8. The predicted octanol–water partition coefficient (Wildman–Crippen LogP) is 2.41. The van der Waals surface area contributed by atoms with Crippen molar-refractivity contribution >= 4 is 17.2 Å². The molecule has 0 unspecified atom stereocenters. The molecule has 0 saturated carbocycles. The SMILES string of the molecule is CC[C@@H]1c2ccsc2CCN1C(=O)c1cn(C2CCNCC2)nn1. The molecule has 2 aliphatic rings. The highest BCUT2D eigenvalue weighted by Crippen LogP contribution is 2.35. The van der Waals surface area contributed by atoms with Crippen LogP contribution in [0.15, 0.2) is 17.6 Å². The highest BCUT2D eigenvalue weighted by Gasteiger charge is 2.32. The zero-order valence-electron chi connectivity index (χ0n) is 13.9. The van der Waals surface area contributed by atoms with Crippen LogP contribution in [0.5, 0.6) is 0 Å².